The highest BCUT2D eigenvalue weighted by Crippen LogP contribution is 2.34. The lowest BCUT2D eigenvalue weighted by molar-refractivity contribution is 0.0332. The van der Waals surface area contributed by atoms with Gasteiger partial charge in [0.15, 0.2) is 5.58 Å². The third-order valence-corrected chi connectivity index (χ3v) is 6.73. The second-order valence-corrected chi connectivity index (χ2v) is 9.53. The van der Waals surface area contributed by atoms with Crippen LogP contribution in [0.5, 0.6) is 0 Å². The van der Waals surface area contributed by atoms with Gasteiger partial charge in [-0.3, -0.25) is 9.69 Å². The van der Waals surface area contributed by atoms with Crippen LogP contribution in [0.1, 0.15) is 28.4 Å². The number of fused-ring (bicyclic) bond motifs is 1. The van der Waals surface area contributed by atoms with E-state index in [2.05, 4.69) is 10.3 Å². The van der Waals surface area contributed by atoms with Crippen molar-refractivity contribution in [2.75, 3.05) is 45.7 Å². The monoisotopic (exact) mass is 520 g/mol. The average Bonchev–Trinajstić information content (AvgIpc) is 3.33. The first kappa shape index (κ1) is 25.8. The fourth-order valence-electron chi connectivity index (χ4n) is 4.66. The van der Waals surface area contributed by atoms with E-state index in [4.69, 9.17) is 9.15 Å². The quantitative estimate of drug-likeness (QED) is 0.342. The molecule has 1 amide bonds. The predicted molar refractivity (Wildman–Crippen MR) is 143 cm³/mol. The van der Waals surface area contributed by atoms with Crippen molar-refractivity contribution in [1.29, 1.82) is 0 Å². The molecule has 38 heavy (non-hydrogen) atoms. The predicted octanol–water partition coefficient (Wildman–Crippen LogP) is 5.61. The third-order valence-electron chi connectivity index (χ3n) is 6.73. The van der Waals surface area contributed by atoms with E-state index in [0.29, 0.717) is 60.5 Å². The number of morpholine rings is 1. The average molecular weight is 521 g/mol. The van der Waals surface area contributed by atoms with Crippen LogP contribution in [0.4, 0.5) is 20.5 Å². The van der Waals surface area contributed by atoms with E-state index >= 15 is 8.78 Å². The maximum absolute atomic E-state index is 15.1. The fourth-order valence-corrected chi connectivity index (χ4v) is 4.66. The van der Waals surface area contributed by atoms with E-state index < -0.39 is 11.6 Å². The number of halogens is 2. The molecule has 1 N–H and O–H groups in total. The molecular formula is C29H30F2N4O3. The van der Waals surface area contributed by atoms with E-state index in [-0.39, 0.29) is 24.0 Å². The Hall–Kier alpha value is -3.82. The van der Waals surface area contributed by atoms with Gasteiger partial charge in [-0.2, -0.15) is 4.98 Å². The lowest BCUT2D eigenvalue weighted by atomic mass is 10.0. The molecule has 2 heterocycles. The van der Waals surface area contributed by atoms with Crippen molar-refractivity contribution in [2.45, 2.75) is 19.9 Å². The van der Waals surface area contributed by atoms with Crippen LogP contribution in [0, 0.1) is 11.6 Å². The Balaban J connectivity index is 1.43. The van der Waals surface area contributed by atoms with E-state index in [0.717, 1.165) is 11.3 Å². The van der Waals surface area contributed by atoms with E-state index in [1.54, 1.807) is 49.3 Å². The first-order valence-corrected chi connectivity index (χ1v) is 12.6. The summed E-state index contributed by atoms with van der Waals surface area (Å²) in [6, 6.07) is 13.7. The molecule has 0 bridgehead atoms. The standard InChI is InChI=1S/C29H30F2N4O3/c1-4-18-14-20(8-9-22(18)28(36)34(2)3)32-29-33-26-7-5-6-21(27(26)38-29)19-15-24(30)23(25(31)16-19)17-35-10-12-37-13-11-35/h5-9,14-16H,4,10-13,17H2,1-3H3,(H,32,33). The molecule has 1 aromatic heterocycles. The molecule has 0 saturated carbocycles. The molecule has 0 atom stereocenters. The zero-order chi connectivity index (χ0) is 26.8. The second kappa shape index (κ2) is 10.9. The maximum atomic E-state index is 15.1. The number of anilines is 2. The van der Waals surface area contributed by atoms with Crippen molar-refractivity contribution in [3.63, 3.8) is 0 Å². The summed E-state index contributed by atoms with van der Waals surface area (Å²) in [7, 11) is 3.44. The number of rotatable bonds is 7. The van der Waals surface area contributed by atoms with Crippen LogP contribution in [0.25, 0.3) is 22.2 Å². The van der Waals surface area contributed by atoms with Gasteiger partial charge >= 0.3 is 0 Å². The minimum Gasteiger partial charge on any atom is -0.423 e. The third kappa shape index (κ3) is 5.25. The zero-order valence-corrected chi connectivity index (χ0v) is 21.7. The van der Waals surface area contributed by atoms with E-state index in [1.807, 2.05) is 17.9 Å². The highest BCUT2D eigenvalue weighted by atomic mass is 19.1. The molecule has 7 nitrogen and oxygen atoms in total. The summed E-state index contributed by atoms with van der Waals surface area (Å²) in [6.45, 7) is 4.58. The van der Waals surface area contributed by atoms with Crippen LogP contribution in [0.2, 0.25) is 0 Å². The normalized spacial score (nSPS) is 14.1. The van der Waals surface area contributed by atoms with Crippen LogP contribution in [-0.4, -0.2) is 61.1 Å². The molecule has 0 unspecified atom stereocenters. The maximum Gasteiger partial charge on any atom is 0.300 e. The minimum absolute atomic E-state index is 0.0469. The summed E-state index contributed by atoms with van der Waals surface area (Å²) in [6.07, 6.45) is 0.681. The zero-order valence-electron chi connectivity index (χ0n) is 21.7. The van der Waals surface area contributed by atoms with Crippen molar-refractivity contribution in [1.82, 2.24) is 14.8 Å². The van der Waals surface area contributed by atoms with Gasteiger partial charge in [0.05, 0.1) is 13.2 Å². The van der Waals surface area contributed by atoms with Gasteiger partial charge in [0.2, 0.25) is 0 Å². The number of oxazole rings is 1. The van der Waals surface area contributed by atoms with Crippen molar-refractivity contribution < 1.29 is 22.7 Å². The number of benzene rings is 3. The molecule has 0 aliphatic carbocycles. The van der Waals surface area contributed by atoms with Crippen molar-refractivity contribution in [3.8, 4) is 11.1 Å². The minimum atomic E-state index is -0.596. The van der Waals surface area contributed by atoms with Gasteiger partial charge in [-0.1, -0.05) is 19.1 Å². The number of carbonyl (C=O) groups excluding carboxylic acids is 1. The Morgan fingerprint density at radius 1 is 1.08 bits per heavy atom. The van der Waals surface area contributed by atoms with E-state index in [9.17, 15) is 4.79 Å². The van der Waals surface area contributed by atoms with Gasteiger partial charge in [-0.05, 0) is 53.9 Å². The van der Waals surface area contributed by atoms with Crippen LogP contribution < -0.4 is 5.32 Å². The summed E-state index contributed by atoms with van der Waals surface area (Å²) >= 11 is 0. The van der Waals surface area contributed by atoms with Crippen LogP contribution in [0.3, 0.4) is 0 Å². The van der Waals surface area contributed by atoms with Crippen molar-refractivity contribution in [3.05, 3.63) is 76.9 Å². The largest absolute Gasteiger partial charge is 0.423 e. The second-order valence-electron chi connectivity index (χ2n) is 9.53. The van der Waals surface area contributed by atoms with Crippen LogP contribution >= 0.6 is 0 Å². The highest BCUT2D eigenvalue weighted by Gasteiger charge is 2.20. The highest BCUT2D eigenvalue weighted by molar-refractivity contribution is 5.96. The molecule has 0 spiro atoms. The molecule has 0 radical (unpaired) electrons. The summed E-state index contributed by atoms with van der Waals surface area (Å²) < 4.78 is 41.5. The summed E-state index contributed by atoms with van der Waals surface area (Å²) in [5.74, 6) is -1.25. The Labute approximate surface area is 220 Å². The Kier molecular flexibility index (Phi) is 7.40. The van der Waals surface area contributed by atoms with E-state index in [1.165, 1.54) is 12.1 Å². The molecule has 4 aromatic rings. The summed E-state index contributed by atoms with van der Waals surface area (Å²) in [5.41, 5.74) is 4.19. The molecule has 3 aromatic carbocycles. The van der Waals surface area contributed by atoms with Crippen LogP contribution in [0.15, 0.2) is 52.9 Å². The Morgan fingerprint density at radius 3 is 2.50 bits per heavy atom. The Morgan fingerprint density at radius 2 is 1.82 bits per heavy atom. The van der Waals surface area contributed by atoms with Gasteiger partial charge in [-0.25, -0.2) is 8.78 Å². The molecule has 5 rings (SSSR count). The SMILES string of the molecule is CCc1cc(Nc2nc3cccc(-c4cc(F)c(CN5CCOCC5)c(F)c4)c3o2)ccc1C(=O)N(C)C. The number of amides is 1. The fraction of sp³-hybridized carbons (Fsp3) is 0.310. The van der Waals surface area contributed by atoms with Gasteiger partial charge in [0.1, 0.15) is 17.2 Å². The van der Waals surface area contributed by atoms with Gasteiger partial charge in [0.25, 0.3) is 11.9 Å². The summed E-state index contributed by atoms with van der Waals surface area (Å²) in [4.78, 5) is 20.5. The number of ether oxygens (including phenoxy) is 1. The number of nitrogens with one attached hydrogen (secondary N) is 1. The number of para-hydroxylation sites is 1. The number of carbonyl (C=O) groups is 1. The number of nitrogens with zero attached hydrogens (tertiary/aromatic N) is 3. The van der Waals surface area contributed by atoms with Crippen LogP contribution in [-0.2, 0) is 17.7 Å². The topological polar surface area (TPSA) is 70.8 Å². The van der Waals surface area contributed by atoms with Gasteiger partial charge in [-0.15, -0.1) is 0 Å². The number of aromatic nitrogens is 1. The lowest BCUT2D eigenvalue weighted by Gasteiger charge is -2.26. The lowest BCUT2D eigenvalue weighted by Crippen LogP contribution is -2.36. The van der Waals surface area contributed by atoms with Gasteiger partial charge < -0.3 is 19.4 Å². The first-order valence-electron chi connectivity index (χ1n) is 12.6. The van der Waals surface area contributed by atoms with Crippen molar-refractivity contribution >= 4 is 28.7 Å². The molecular weight excluding hydrogens is 490 g/mol. The number of hydrogen-bond acceptors (Lipinski definition) is 6. The van der Waals surface area contributed by atoms with Gasteiger partial charge in [0, 0.05) is 56.1 Å². The number of hydrogen-bond donors (Lipinski definition) is 1. The molecule has 9 heteroatoms. The molecule has 1 fully saturated rings. The molecule has 1 saturated heterocycles. The first-order chi connectivity index (χ1) is 18.3. The van der Waals surface area contributed by atoms with Crippen molar-refractivity contribution in [2.24, 2.45) is 0 Å². The molecule has 1 aliphatic heterocycles. The Bertz CT molecular complexity index is 1460. The smallest absolute Gasteiger partial charge is 0.300 e. The molecule has 1 aliphatic rings. The molecule has 198 valence electrons. The summed E-state index contributed by atoms with van der Waals surface area (Å²) in [5, 5.41) is 3.15. The number of aryl methyl sites for hydroxylation is 1.